The van der Waals surface area contributed by atoms with Crippen LogP contribution in [0.2, 0.25) is 0 Å². The number of esters is 2. The van der Waals surface area contributed by atoms with Crippen molar-refractivity contribution in [2.24, 2.45) is 0 Å². The molecule has 0 bridgehead atoms. The van der Waals surface area contributed by atoms with Crippen LogP contribution in [-0.2, 0) is 14.3 Å². The lowest BCUT2D eigenvalue weighted by Gasteiger charge is -2.02. The molecule has 0 radical (unpaired) electrons. The fourth-order valence-corrected chi connectivity index (χ4v) is 1.33. The summed E-state index contributed by atoms with van der Waals surface area (Å²) in [6.45, 7) is 0. The van der Waals surface area contributed by atoms with Gasteiger partial charge in [0.25, 0.3) is 0 Å². The molecular formula is C13H14O5. The maximum absolute atomic E-state index is 11.5. The van der Waals surface area contributed by atoms with Crippen molar-refractivity contribution < 1.29 is 24.2 Å². The minimum absolute atomic E-state index is 0.0138. The third-order valence-electron chi connectivity index (χ3n) is 2.24. The van der Waals surface area contributed by atoms with Crippen molar-refractivity contribution in [2.75, 3.05) is 0 Å². The highest BCUT2D eigenvalue weighted by Crippen LogP contribution is 2.05. The third kappa shape index (κ3) is 5.25. The average molecular weight is 250 g/mol. The smallest absolute Gasteiger partial charge is 0.345 e. The number of aliphatic carboxylic acids is 1. The van der Waals surface area contributed by atoms with Crippen LogP contribution < -0.4 is 0 Å². The molecule has 1 aromatic rings. The van der Waals surface area contributed by atoms with Gasteiger partial charge in [-0.3, -0.25) is 9.59 Å². The molecule has 0 unspecified atom stereocenters. The Labute approximate surface area is 104 Å². The van der Waals surface area contributed by atoms with Crippen molar-refractivity contribution in [3.63, 3.8) is 0 Å². The van der Waals surface area contributed by atoms with Gasteiger partial charge in [-0.1, -0.05) is 18.2 Å². The molecule has 1 rings (SSSR count). The van der Waals surface area contributed by atoms with Crippen LogP contribution in [0.5, 0.6) is 0 Å². The van der Waals surface area contributed by atoms with E-state index in [2.05, 4.69) is 4.74 Å². The summed E-state index contributed by atoms with van der Waals surface area (Å²) in [7, 11) is 0. The van der Waals surface area contributed by atoms with Gasteiger partial charge in [-0.05, 0) is 25.0 Å². The molecule has 0 atom stereocenters. The van der Waals surface area contributed by atoms with Gasteiger partial charge in [0.15, 0.2) is 0 Å². The monoisotopic (exact) mass is 250 g/mol. The highest BCUT2D eigenvalue weighted by Gasteiger charge is 2.12. The van der Waals surface area contributed by atoms with E-state index in [0.29, 0.717) is 18.4 Å². The fraction of sp³-hybridized carbons (Fsp3) is 0.308. The normalized spacial score (nSPS) is 9.78. The second kappa shape index (κ2) is 7.21. The van der Waals surface area contributed by atoms with Crippen LogP contribution in [-0.4, -0.2) is 23.0 Å². The van der Waals surface area contributed by atoms with Crippen LogP contribution in [0, 0.1) is 0 Å². The minimum atomic E-state index is -0.899. The molecule has 0 saturated heterocycles. The van der Waals surface area contributed by atoms with Crippen LogP contribution in [0.4, 0.5) is 0 Å². The number of carboxylic acid groups (broad SMARTS) is 1. The highest BCUT2D eigenvalue weighted by molar-refractivity contribution is 5.96. The molecule has 96 valence electrons. The first-order valence-corrected chi connectivity index (χ1v) is 5.61. The molecule has 0 aliphatic rings. The van der Waals surface area contributed by atoms with Gasteiger partial charge >= 0.3 is 17.9 Å². The lowest BCUT2D eigenvalue weighted by Crippen LogP contribution is -2.12. The van der Waals surface area contributed by atoms with Crippen molar-refractivity contribution in [3.05, 3.63) is 35.9 Å². The van der Waals surface area contributed by atoms with Crippen LogP contribution in [0.15, 0.2) is 30.3 Å². The van der Waals surface area contributed by atoms with E-state index in [4.69, 9.17) is 5.11 Å². The van der Waals surface area contributed by atoms with Crippen LogP contribution in [0.25, 0.3) is 0 Å². The highest BCUT2D eigenvalue weighted by atomic mass is 16.6. The summed E-state index contributed by atoms with van der Waals surface area (Å²) in [6.07, 6.45) is 0.850. The number of ether oxygens (including phenoxy) is 1. The number of unbranched alkanes of at least 4 members (excludes halogenated alkanes) is 1. The van der Waals surface area contributed by atoms with Crippen LogP contribution in [0.1, 0.15) is 36.0 Å². The summed E-state index contributed by atoms with van der Waals surface area (Å²) in [6, 6.07) is 8.21. The van der Waals surface area contributed by atoms with Gasteiger partial charge in [0, 0.05) is 12.8 Å². The number of hydrogen-bond donors (Lipinski definition) is 1. The number of carbonyl (C=O) groups excluding carboxylic acids is 2. The predicted octanol–water partition coefficient (Wildman–Crippen LogP) is 2.02. The summed E-state index contributed by atoms with van der Waals surface area (Å²) >= 11 is 0. The first-order chi connectivity index (χ1) is 8.59. The lowest BCUT2D eigenvalue weighted by atomic mass is 10.2. The van der Waals surface area contributed by atoms with Gasteiger partial charge in [0.05, 0.1) is 5.56 Å². The van der Waals surface area contributed by atoms with Gasteiger partial charge in [-0.2, -0.15) is 0 Å². The summed E-state index contributed by atoms with van der Waals surface area (Å²) in [4.78, 5) is 33.0. The predicted molar refractivity (Wildman–Crippen MR) is 63.0 cm³/mol. The van der Waals surface area contributed by atoms with Gasteiger partial charge in [0.1, 0.15) is 0 Å². The molecule has 0 saturated carbocycles. The number of hydrogen-bond acceptors (Lipinski definition) is 4. The molecule has 0 aliphatic heterocycles. The van der Waals surface area contributed by atoms with E-state index in [1.54, 1.807) is 30.3 Å². The Balaban J connectivity index is 2.28. The Morgan fingerprint density at radius 2 is 1.61 bits per heavy atom. The molecule has 18 heavy (non-hydrogen) atoms. The Morgan fingerprint density at radius 3 is 2.22 bits per heavy atom. The lowest BCUT2D eigenvalue weighted by molar-refractivity contribution is -0.139. The molecule has 5 heteroatoms. The van der Waals surface area contributed by atoms with Crippen molar-refractivity contribution >= 4 is 17.9 Å². The van der Waals surface area contributed by atoms with Gasteiger partial charge < -0.3 is 9.84 Å². The van der Waals surface area contributed by atoms with Gasteiger partial charge in [-0.25, -0.2) is 4.79 Å². The van der Waals surface area contributed by atoms with E-state index in [0.717, 1.165) is 0 Å². The molecule has 0 spiro atoms. The summed E-state index contributed by atoms with van der Waals surface area (Å²) in [5.41, 5.74) is 0.316. The van der Waals surface area contributed by atoms with Gasteiger partial charge in [-0.15, -0.1) is 0 Å². The van der Waals surface area contributed by atoms with Crippen LogP contribution >= 0.6 is 0 Å². The van der Waals surface area contributed by atoms with Crippen molar-refractivity contribution in [1.82, 2.24) is 0 Å². The van der Waals surface area contributed by atoms with Crippen molar-refractivity contribution in [3.8, 4) is 0 Å². The Morgan fingerprint density at radius 1 is 1.00 bits per heavy atom. The molecule has 1 N–H and O–H groups in total. The summed E-state index contributed by atoms with van der Waals surface area (Å²) in [5, 5.41) is 8.40. The van der Waals surface area contributed by atoms with E-state index in [9.17, 15) is 14.4 Å². The standard InChI is InChI=1S/C13H14O5/c14-11(15)8-4-5-9-12(16)18-13(17)10-6-2-1-3-7-10/h1-3,6-7H,4-5,8-9H2,(H,14,15). The maximum atomic E-state index is 11.5. The fourth-order valence-electron chi connectivity index (χ4n) is 1.33. The number of carboxylic acids is 1. The summed E-state index contributed by atoms with van der Waals surface area (Å²) < 4.78 is 4.62. The summed E-state index contributed by atoms with van der Waals surface area (Å²) in [5.74, 6) is -2.21. The maximum Gasteiger partial charge on any atom is 0.345 e. The molecular weight excluding hydrogens is 236 g/mol. The average Bonchev–Trinajstić information content (AvgIpc) is 2.35. The van der Waals surface area contributed by atoms with E-state index < -0.39 is 17.9 Å². The topological polar surface area (TPSA) is 80.7 Å². The van der Waals surface area contributed by atoms with Gasteiger partial charge in [0.2, 0.25) is 0 Å². The van der Waals surface area contributed by atoms with E-state index in [1.807, 2.05) is 0 Å². The second-order valence-electron chi connectivity index (χ2n) is 3.73. The molecule has 0 heterocycles. The Kier molecular flexibility index (Phi) is 5.57. The molecule has 0 amide bonds. The largest absolute Gasteiger partial charge is 0.481 e. The first-order valence-electron chi connectivity index (χ1n) is 5.61. The zero-order chi connectivity index (χ0) is 13.4. The van der Waals surface area contributed by atoms with Crippen molar-refractivity contribution in [1.29, 1.82) is 0 Å². The number of benzene rings is 1. The zero-order valence-electron chi connectivity index (χ0n) is 9.80. The minimum Gasteiger partial charge on any atom is -0.481 e. The van der Waals surface area contributed by atoms with E-state index in [1.165, 1.54) is 0 Å². The number of rotatable bonds is 6. The van der Waals surface area contributed by atoms with Crippen molar-refractivity contribution in [2.45, 2.75) is 25.7 Å². The Hall–Kier alpha value is -2.17. The zero-order valence-corrected chi connectivity index (χ0v) is 9.80. The SMILES string of the molecule is O=C(O)CCCCC(=O)OC(=O)c1ccccc1. The third-order valence-corrected chi connectivity index (χ3v) is 2.24. The molecule has 0 fully saturated rings. The number of carbonyl (C=O) groups is 3. The van der Waals surface area contributed by atoms with E-state index >= 15 is 0 Å². The Bertz CT molecular complexity index is 424. The molecule has 0 aliphatic carbocycles. The first kappa shape index (κ1) is 13.9. The molecule has 5 nitrogen and oxygen atoms in total. The molecule has 0 aromatic heterocycles. The quantitative estimate of drug-likeness (QED) is 0.474. The second-order valence-corrected chi connectivity index (χ2v) is 3.73. The molecule has 1 aromatic carbocycles. The van der Waals surface area contributed by atoms with Crippen LogP contribution in [0.3, 0.4) is 0 Å². The van der Waals surface area contributed by atoms with E-state index in [-0.39, 0.29) is 12.8 Å².